The predicted octanol–water partition coefficient (Wildman–Crippen LogP) is 5.75. The lowest BCUT2D eigenvalue weighted by Gasteiger charge is -2.36. The van der Waals surface area contributed by atoms with Crippen molar-refractivity contribution >= 4 is 45.6 Å². The normalized spacial score (nSPS) is 16.7. The van der Waals surface area contributed by atoms with Crippen LogP contribution >= 0.6 is 11.6 Å². The SMILES string of the molecule is O=C(NCCCN1CCN(c2ccccc2F)CC1)c1ccc2c(c1)N(Cc1cccc(Cl)c1)C(=O)c1ccccc1S2=O. The summed E-state index contributed by atoms with van der Waals surface area (Å²) in [6, 6.07) is 26.0. The van der Waals surface area contributed by atoms with Gasteiger partial charge < -0.3 is 15.1 Å². The molecule has 2 aliphatic heterocycles. The number of para-hydroxylation sites is 1. The maximum atomic E-state index is 14.1. The molecule has 6 rings (SSSR count). The molecule has 0 aliphatic carbocycles. The Morgan fingerprint density at radius 3 is 2.43 bits per heavy atom. The molecule has 0 radical (unpaired) electrons. The van der Waals surface area contributed by atoms with E-state index in [-0.39, 0.29) is 24.2 Å². The molecule has 1 atom stereocenters. The van der Waals surface area contributed by atoms with Gasteiger partial charge in [0, 0.05) is 43.3 Å². The van der Waals surface area contributed by atoms with Crippen LogP contribution in [0.2, 0.25) is 5.02 Å². The van der Waals surface area contributed by atoms with Crippen molar-refractivity contribution in [1.29, 1.82) is 0 Å². The number of benzene rings is 4. The summed E-state index contributed by atoms with van der Waals surface area (Å²) in [6.45, 7) is 4.64. The monoisotopic (exact) mass is 630 g/mol. The third-order valence-corrected chi connectivity index (χ3v) is 9.74. The summed E-state index contributed by atoms with van der Waals surface area (Å²) >= 11 is 6.23. The zero-order chi connectivity index (χ0) is 30.6. The van der Waals surface area contributed by atoms with Crippen LogP contribution in [-0.2, 0) is 17.3 Å². The zero-order valence-electron chi connectivity index (χ0n) is 24.0. The molecule has 2 aliphatic rings. The molecule has 10 heteroatoms. The van der Waals surface area contributed by atoms with E-state index < -0.39 is 10.8 Å². The van der Waals surface area contributed by atoms with E-state index in [0.717, 1.165) is 44.7 Å². The average molecular weight is 631 g/mol. The molecule has 7 nitrogen and oxygen atoms in total. The van der Waals surface area contributed by atoms with Gasteiger partial charge in [0.05, 0.1) is 44.1 Å². The third-order valence-electron chi connectivity index (χ3n) is 8.01. The molecular formula is C34H32ClFN4O3S. The van der Waals surface area contributed by atoms with Gasteiger partial charge in [-0.25, -0.2) is 8.60 Å². The molecule has 1 fully saturated rings. The molecule has 2 amide bonds. The molecule has 226 valence electrons. The first-order valence-electron chi connectivity index (χ1n) is 14.6. The molecule has 2 heterocycles. The number of nitrogens with one attached hydrogen (secondary N) is 1. The fourth-order valence-electron chi connectivity index (χ4n) is 5.71. The Labute approximate surface area is 263 Å². The maximum absolute atomic E-state index is 14.1. The second-order valence-corrected chi connectivity index (χ2v) is 12.7. The summed E-state index contributed by atoms with van der Waals surface area (Å²) in [5, 5.41) is 3.54. The largest absolute Gasteiger partial charge is 0.367 e. The van der Waals surface area contributed by atoms with Gasteiger partial charge in [-0.05, 0) is 73.1 Å². The summed E-state index contributed by atoms with van der Waals surface area (Å²) in [4.78, 5) is 33.9. The molecule has 4 aromatic carbocycles. The number of nitrogens with zero attached hydrogens (tertiary/aromatic N) is 3. The average Bonchev–Trinajstić information content (AvgIpc) is 3.13. The lowest BCUT2D eigenvalue weighted by Crippen LogP contribution is -2.47. The highest BCUT2D eigenvalue weighted by Gasteiger charge is 2.31. The fraction of sp³-hybridized carbons (Fsp3) is 0.235. The number of rotatable bonds is 8. The lowest BCUT2D eigenvalue weighted by atomic mass is 10.1. The Hall–Kier alpha value is -4.05. The second kappa shape index (κ2) is 13.3. The lowest BCUT2D eigenvalue weighted by molar-refractivity contribution is 0.0948. The number of amides is 2. The van der Waals surface area contributed by atoms with E-state index in [9.17, 15) is 18.2 Å². The molecule has 44 heavy (non-hydrogen) atoms. The second-order valence-electron chi connectivity index (χ2n) is 10.9. The van der Waals surface area contributed by atoms with E-state index in [1.54, 1.807) is 65.6 Å². The van der Waals surface area contributed by atoms with Gasteiger partial charge in [-0.3, -0.25) is 14.5 Å². The highest BCUT2D eigenvalue weighted by Crippen LogP contribution is 2.36. The first kappa shape index (κ1) is 30.0. The van der Waals surface area contributed by atoms with Crippen LogP contribution in [0.3, 0.4) is 0 Å². The van der Waals surface area contributed by atoms with Crippen LogP contribution in [0.4, 0.5) is 15.8 Å². The van der Waals surface area contributed by atoms with Crippen LogP contribution in [0.5, 0.6) is 0 Å². The van der Waals surface area contributed by atoms with Crippen molar-refractivity contribution < 1.29 is 18.2 Å². The fourth-order valence-corrected chi connectivity index (χ4v) is 7.26. The van der Waals surface area contributed by atoms with E-state index in [0.29, 0.717) is 43.9 Å². The van der Waals surface area contributed by atoms with E-state index in [4.69, 9.17) is 11.6 Å². The Morgan fingerprint density at radius 1 is 0.864 bits per heavy atom. The van der Waals surface area contributed by atoms with Gasteiger partial charge >= 0.3 is 0 Å². The van der Waals surface area contributed by atoms with Crippen molar-refractivity contribution in [3.63, 3.8) is 0 Å². The molecular weight excluding hydrogens is 599 g/mol. The van der Waals surface area contributed by atoms with Crippen molar-refractivity contribution in [3.8, 4) is 0 Å². The minimum atomic E-state index is -1.61. The minimum absolute atomic E-state index is 0.200. The maximum Gasteiger partial charge on any atom is 0.259 e. The number of halogens is 2. The van der Waals surface area contributed by atoms with Crippen LogP contribution < -0.4 is 15.1 Å². The quantitative estimate of drug-likeness (QED) is 0.251. The number of hydrogen-bond acceptors (Lipinski definition) is 5. The van der Waals surface area contributed by atoms with Crippen LogP contribution in [-0.4, -0.2) is 60.2 Å². The third kappa shape index (κ3) is 6.40. The zero-order valence-corrected chi connectivity index (χ0v) is 25.6. The molecule has 1 saturated heterocycles. The van der Waals surface area contributed by atoms with Crippen LogP contribution in [0.15, 0.2) is 101 Å². The van der Waals surface area contributed by atoms with E-state index >= 15 is 0 Å². The minimum Gasteiger partial charge on any atom is -0.367 e. The van der Waals surface area contributed by atoms with E-state index in [1.165, 1.54) is 6.07 Å². The van der Waals surface area contributed by atoms with Crippen molar-refractivity contribution in [3.05, 3.63) is 119 Å². The van der Waals surface area contributed by atoms with Gasteiger partial charge in [0.2, 0.25) is 0 Å². The number of carbonyl (C=O) groups is 2. The molecule has 0 bridgehead atoms. The van der Waals surface area contributed by atoms with E-state index in [2.05, 4.69) is 15.1 Å². The Bertz CT molecular complexity index is 1730. The van der Waals surface area contributed by atoms with Gasteiger partial charge in [-0.2, -0.15) is 0 Å². The topological polar surface area (TPSA) is 73.0 Å². The van der Waals surface area contributed by atoms with Crippen molar-refractivity contribution in [2.75, 3.05) is 49.1 Å². The Kier molecular flexibility index (Phi) is 9.07. The van der Waals surface area contributed by atoms with Gasteiger partial charge in [0.25, 0.3) is 11.8 Å². The van der Waals surface area contributed by atoms with Crippen molar-refractivity contribution in [1.82, 2.24) is 10.2 Å². The van der Waals surface area contributed by atoms with Crippen LogP contribution in [0.1, 0.15) is 32.7 Å². The van der Waals surface area contributed by atoms with Crippen LogP contribution in [0.25, 0.3) is 0 Å². The Morgan fingerprint density at radius 2 is 1.64 bits per heavy atom. The van der Waals surface area contributed by atoms with Crippen molar-refractivity contribution in [2.24, 2.45) is 0 Å². The molecule has 0 aromatic heterocycles. The first-order chi connectivity index (χ1) is 21.4. The highest BCUT2D eigenvalue weighted by atomic mass is 35.5. The Balaban J connectivity index is 1.12. The van der Waals surface area contributed by atoms with Crippen LogP contribution in [0, 0.1) is 5.82 Å². The molecule has 4 aromatic rings. The van der Waals surface area contributed by atoms with Gasteiger partial charge in [-0.15, -0.1) is 0 Å². The predicted molar refractivity (Wildman–Crippen MR) is 172 cm³/mol. The molecule has 0 saturated carbocycles. The number of hydrogen-bond donors (Lipinski definition) is 1. The number of fused-ring (bicyclic) bond motifs is 2. The van der Waals surface area contributed by atoms with Crippen molar-refractivity contribution in [2.45, 2.75) is 22.8 Å². The number of piperazine rings is 1. The standard InChI is InChI=1S/C34H32ClFN4O3S/c35-26-8-5-7-24(21-26)23-40-30-22-25(13-14-32(30)44(43)31-12-4-1-9-27(31)34(40)42)33(41)37-15-6-16-38-17-19-39(20-18-38)29-11-3-2-10-28(29)36/h1-5,7-14,21-22H,6,15-20,23H2,(H,37,41). The number of carbonyl (C=O) groups excluding carboxylic acids is 2. The summed E-state index contributed by atoms with van der Waals surface area (Å²) in [6.07, 6.45) is 0.759. The number of anilines is 2. The highest BCUT2D eigenvalue weighted by molar-refractivity contribution is 7.85. The van der Waals surface area contributed by atoms with Gasteiger partial charge in [0.1, 0.15) is 5.82 Å². The summed E-state index contributed by atoms with van der Waals surface area (Å²) in [5.74, 6) is -0.755. The van der Waals surface area contributed by atoms with Gasteiger partial charge in [-0.1, -0.05) is 48.0 Å². The summed E-state index contributed by atoms with van der Waals surface area (Å²) in [7, 11) is -1.61. The summed E-state index contributed by atoms with van der Waals surface area (Å²) < 4.78 is 27.8. The van der Waals surface area contributed by atoms with E-state index in [1.807, 2.05) is 24.3 Å². The molecule has 1 N–H and O–H groups in total. The molecule has 1 unspecified atom stereocenters. The first-order valence-corrected chi connectivity index (χ1v) is 16.1. The summed E-state index contributed by atoms with van der Waals surface area (Å²) in [5.41, 5.74) is 2.64. The van der Waals surface area contributed by atoms with Gasteiger partial charge in [0.15, 0.2) is 0 Å². The molecule has 0 spiro atoms. The smallest absolute Gasteiger partial charge is 0.259 e.